The Balaban J connectivity index is 1.51. The highest BCUT2D eigenvalue weighted by Gasteiger charge is 2.47. The first kappa shape index (κ1) is 20.4. The van der Waals surface area contributed by atoms with Gasteiger partial charge in [-0.2, -0.15) is 0 Å². The Kier molecular flexibility index (Phi) is 5.02. The van der Waals surface area contributed by atoms with Crippen molar-refractivity contribution < 1.29 is 14.0 Å². The van der Waals surface area contributed by atoms with Gasteiger partial charge in [-0.15, -0.1) is 0 Å². The molecule has 3 heterocycles. The molecule has 6 nitrogen and oxygen atoms in total. The number of furan rings is 1. The van der Waals surface area contributed by atoms with E-state index in [-0.39, 0.29) is 18.4 Å². The maximum absolute atomic E-state index is 13.6. The Morgan fingerprint density at radius 2 is 1.84 bits per heavy atom. The first-order valence-corrected chi connectivity index (χ1v) is 10.8. The van der Waals surface area contributed by atoms with Crippen LogP contribution >= 0.6 is 11.6 Å². The number of halogens is 1. The fourth-order valence-electron chi connectivity index (χ4n) is 4.26. The number of nitrogens with one attached hydrogen (secondary N) is 1. The van der Waals surface area contributed by atoms with Crippen LogP contribution < -0.4 is 5.32 Å². The molecule has 2 aromatic heterocycles. The second-order valence-electron chi connectivity index (χ2n) is 8.25. The van der Waals surface area contributed by atoms with Crippen molar-refractivity contribution in [3.63, 3.8) is 0 Å². The van der Waals surface area contributed by atoms with Gasteiger partial charge in [0.05, 0.1) is 18.3 Å². The third kappa shape index (κ3) is 3.46. The smallest absolute Gasteiger partial charge is 0.271 e. The Labute approximate surface area is 190 Å². The Morgan fingerprint density at radius 3 is 2.59 bits per heavy atom. The SMILES string of the molecule is C[C@]1(C(=O)NCc2ccccc2)Cn2c(cc3occc32)C(=O)N1Cc1ccc(Cl)cc1. The Morgan fingerprint density at radius 1 is 1.09 bits per heavy atom. The Bertz CT molecular complexity index is 1290. The molecule has 0 fully saturated rings. The number of rotatable bonds is 5. The quantitative estimate of drug-likeness (QED) is 0.485. The maximum atomic E-state index is 13.6. The van der Waals surface area contributed by atoms with Crippen LogP contribution in [0.3, 0.4) is 0 Å². The zero-order chi connectivity index (χ0) is 22.3. The van der Waals surface area contributed by atoms with Crippen LogP contribution in [0.1, 0.15) is 28.5 Å². The molecule has 2 aromatic carbocycles. The number of amides is 2. The summed E-state index contributed by atoms with van der Waals surface area (Å²) in [6.07, 6.45) is 1.59. The fraction of sp³-hybridized carbons (Fsp3) is 0.200. The van der Waals surface area contributed by atoms with Gasteiger partial charge in [0.25, 0.3) is 5.91 Å². The minimum atomic E-state index is -1.10. The molecule has 0 bridgehead atoms. The number of nitrogens with zero attached hydrogens (tertiary/aromatic N) is 2. The van der Waals surface area contributed by atoms with Gasteiger partial charge >= 0.3 is 0 Å². The van der Waals surface area contributed by atoms with Crippen LogP contribution in [-0.2, 0) is 24.4 Å². The number of hydrogen-bond acceptors (Lipinski definition) is 3. The topological polar surface area (TPSA) is 67.5 Å². The van der Waals surface area contributed by atoms with Gasteiger partial charge in [-0.05, 0) is 30.2 Å². The highest BCUT2D eigenvalue weighted by molar-refractivity contribution is 6.30. The van der Waals surface area contributed by atoms with Gasteiger partial charge in [-0.1, -0.05) is 54.1 Å². The van der Waals surface area contributed by atoms with Gasteiger partial charge in [0.15, 0.2) is 5.58 Å². The summed E-state index contributed by atoms with van der Waals surface area (Å²) >= 11 is 6.03. The maximum Gasteiger partial charge on any atom is 0.271 e. The summed E-state index contributed by atoms with van der Waals surface area (Å²) in [7, 11) is 0. The Hall–Kier alpha value is -3.51. The number of aromatic nitrogens is 1. The van der Waals surface area contributed by atoms with Gasteiger partial charge in [0.2, 0.25) is 5.91 Å². The minimum Gasteiger partial charge on any atom is -0.463 e. The van der Waals surface area contributed by atoms with Gasteiger partial charge < -0.3 is 19.2 Å². The fourth-order valence-corrected chi connectivity index (χ4v) is 4.39. The standard InChI is InChI=1S/C25H22ClN3O3/c1-25(24(31)27-14-17-5-3-2-4-6-17)16-28-20-11-12-32-22(20)13-21(28)23(30)29(25)15-18-7-9-19(26)10-8-18/h2-13H,14-16H2,1H3,(H,27,31)/t25-/m1/s1. The molecule has 1 atom stereocenters. The molecule has 0 unspecified atom stereocenters. The second kappa shape index (κ2) is 7.88. The number of hydrogen-bond donors (Lipinski definition) is 1. The van der Waals surface area contributed by atoms with E-state index < -0.39 is 5.54 Å². The van der Waals surface area contributed by atoms with Gasteiger partial charge in [-0.3, -0.25) is 9.59 Å². The van der Waals surface area contributed by atoms with Crippen LogP contribution in [0.2, 0.25) is 5.02 Å². The molecule has 0 saturated heterocycles. The van der Waals surface area contributed by atoms with Crippen LogP contribution in [0.25, 0.3) is 11.1 Å². The van der Waals surface area contributed by atoms with Crippen LogP contribution in [0.5, 0.6) is 0 Å². The number of benzene rings is 2. The molecule has 4 aromatic rings. The summed E-state index contributed by atoms with van der Waals surface area (Å²) in [5.74, 6) is -0.422. The van der Waals surface area contributed by atoms with Crippen LogP contribution in [0, 0.1) is 0 Å². The van der Waals surface area contributed by atoms with E-state index >= 15 is 0 Å². The van der Waals surface area contributed by atoms with E-state index in [9.17, 15) is 9.59 Å². The van der Waals surface area contributed by atoms with E-state index in [1.54, 1.807) is 29.4 Å². The van der Waals surface area contributed by atoms with Crippen LogP contribution in [0.4, 0.5) is 0 Å². The highest BCUT2D eigenvalue weighted by Crippen LogP contribution is 2.34. The minimum absolute atomic E-state index is 0.209. The van der Waals surface area contributed by atoms with Crippen molar-refractivity contribution >= 4 is 34.5 Å². The van der Waals surface area contributed by atoms with Crippen molar-refractivity contribution in [3.05, 3.63) is 94.8 Å². The summed E-state index contributed by atoms with van der Waals surface area (Å²) < 4.78 is 7.39. The predicted octanol–water partition coefficient (Wildman–Crippen LogP) is 4.62. The summed E-state index contributed by atoms with van der Waals surface area (Å²) in [6, 6.07) is 20.6. The molecule has 1 aliphatic rings. The zero-order valence-corrected chi connectivity index (χ0v) is 18.3. The van der Waals surface area contributed by atoms with Crippen molar-refractivity contribution in [1.82, 2.24) is 14.8 Å². The normalized spacial score (nSPS) is 18.1. The molecule has 1 aliphatic heterocycles. The monoisotopic (exact) mass is 447 g/mol. The van der Waals surface area contributed by atoms with Crippen molar-refractivity contribution in [3.8, 4) is 0 Å². The number of fused-ring (bicyclic) bond motifs is 3. The lowest BCUT2D eigenvalue weighted by Crippen LogP contribution is -2.63. The molecule has 0 saturated carbocycles. The summed E-state index contributed by atoms with van der Waals surface area (Å²) in [5.41, 5.74) is 2.75. The molecule has 162 valence electrons. The first-order chi connectivity index (χ1) is 15.5. The van der Waals surface area contributed by atoms with Gasteiger partial charge in [-0.25, -0.2) is 0 Å². The summed E-state index contributed by atoms with van der Waals surface area (Å²) in [4.78, 5) is 28.8. The second-order valence-corrected chi connectivity index (χ2v) is 8.68. The molecule has 7 heteroatoms. The van der Waals surface area contributed by atoms with E-state index in [4.69, 9.17) is 16.0 Å². The van der Waals surface area contributed by atoms with E-state index in [1.165, 1.54) is 0 Å². The van der Waals surface area contributed by atoms with Crippen LogP contribution in [-0.4, -0.2) is 26.8 Å². The average molecular weight is 448 g/mol. The largest absolute Gasteiger partial charge is 0.463 e. The van der Waals surface area contributed by atoms with Crippen LogP contribution in [0.15, 0.2) is 77.4 Å². The van der Waals surface area contributed by atoms with Gasteiger partial charge in [0.1, 0.15) is 11.2 Å². The molecular weight excluding hydrogens is 426 g/mol. The third-order valence-corrected chi connectivity index (χ3v) is 6.34. The van der Waals surface area contributed by atoms with E-state index in [0.29, 0.717) is 29.4 Å². The molecule has 0 aliphatic carbocycles. The molecule has 0 spiro atoms. The number of carbonyl (C=O) groups excluding carboxylic acids is 2. The average Bonchev–Trinajstić information content (AvgIpc) is 3.39. The third-order valence-electron chi connectivity index (χ3n) is 6.09. The lowest BCUT2D eigenvalue weighted by Gasteiger charge is -2.44. The molecule has 0 radical (unpaired) electrons. The van der Waals surface area contributed by atoms with E-state index in [2.05, 4.69) is 5.32 Å². The number of carbonyl (C=O) groups is 2. The first-order valence-electron chi connectivity index (χ1n) is 10.4. The van der Waals surface area contributed by atoms with Crippen molar-refractivity contribution in [2.24, 2.45) is 0 Å². The van der Waals surface area contributed by atoms with Crippen molar-refractivity contribution in [2.45, 2.75) is 32.1 Å². The highest BCUT2D eigenvalue weighted by atomic mass is 35.5. The van der Waals surface area contributed by atoms with Crippen molar-refractivity contribution in [1.29, 1.82) is 0 Å². The van der Waals surface area contributed by atoms with E-state index in [0.717, 1.165) is 16.6 Å². The molecule has 5 rings (SSSR count). The summed E-state index contributed by atoms with van der Waals surface area (Å²) in [5, 5.41) is 3.65. The zero-order valence-electron chi connectivity index (χ0n) is 17.5. The van der Waals surface area contributed by atoms with E-state index in [1.807, 2.05) is 60.0 Å². The lowest BCUT2D eigenvalue weighted by molar-refractivity contribution is -0.133. The summed E-state index contributed by atoms with van der Waals surface area (Å²) in [6.45, 7) is 2.82. The molecule has 32 heavy (non-hydrogen) atoms. The van der Waals surface area contributed by atoms with Gasteiger partial charge in [0, 0.05) is 30.2 Å². The molecular formula is C25H22ClN3O3. The molecule has 1 N–H and O–H groups in total. The molecule has 2 amide bonds. The van der Waals surface area contributed by atoms with Crippen molar-refractivity contribution in [2.75, 3.05) is 0 Å². The predicted molar refractivity (Wildman–Crippen MR) is 122 cm³/mol. The lowest BCUT2D eigenvalue weighted by atomic mass is 9.93.